The SMILES string of the molecule is C[C@H]1SC(N)=N[C@](C)(c2nc(CC(=O)c3ccc(C#N)cn3)ccc2F)[C@H]1F. The van der Waals surface area contributed by atoms with Gasteiger partial charge in [-0.15, -0.1) is 0 Å². The predicted molar refractivity (Wildman–Crippen MR) is 102 cm³/mol. The van der Waals surface area contributed by atoms with Crippen LogP contribution in [-0.2, 0) is 12.0 Å². The number of ketones is 1. The van der Waals surface area contributed by atoms with Crippen molar-refractivity contribution in [2.45, 2.75) is 37.2 Å². The van der Waals surface area contributed by atoms with Gasteiger partial charge in [-0.3, -0.25) is 14.8 Å². The minimum atomic E-state index is -1.58. The molecule has 0 spiro atoms. The fourth-order valence-corrected chi connectivity index (χ4v) is 4.03. The van der Waals surface area contributed by atoms with Crippen molar-refractivity contribution in [3.63, 3.8) is 0 Å². The van der Waals surface area contributed by atoms with Crippen LogP contribution in [0.5, 0.6) is 0 Å². The van der Waals surface area contributed by atoms with Crippen LogP contribution in [-0.4, -0.2) is 32.3 Å². The summed E-state index contributed by atoms with van der Waals surface area (Å²) in [6, 6.07) is 7.36. The Morgan fingerprint density at radius 2 is 2.14 bits per heavy atom. The van der Waals surface area contributed by atoms with Crippen molar-refractivity contribution >= 4 is 22.7 Å². The highest BCUT2D eigenvalue weighted by Crippen LogP contribution is 2.41. The molecule has 0 radical (unpaired) electrons. The molecule has 3 heterocycles. The van der Waals surface area contributed by atoms with E-state index in [0.717, 1.165) is 17.8 Å². The van der Waals surface area contributed by atoms with Crippen molar-refractivity contribution in [2.75, 3.05) is 0 Å². The van der Waals surface area contributed by atoms with Gasteiger partial charge in [-0.2, -0.15) is 5.26 Å². The molecule has 0 bridgehead atoms. The summed E-state index contributed by atoms with van der Waals surface area (Å²) in [7, 11) is 0. The molecular formula is C19H17F2N5OS. The number of nitrogens with two attached hydrogens (primary N) is 1. The molecule has 0 fully saturated rings. The van der Waals surface area contributed by atoms with Crippen molar-refractivity contribution < 1.29 is 13.6 Å². The number of nitrogens with zero attached hydrogens (tertiary/aromatic N) is 4. The Kier molecular flexibility index (Phi) is 5.42. The molecule has 2 aromatic heterocycles. The summed E-state index contributed by atoms with van der Waals surface area (Å²) in [6.07, 6.45) is -0.356. The van der Waals surface area contributed by atoms with E-state index in [-0.39, 0.29) is 34.5 Å². The maximum Gasteiger partial charge on any atom is 0.187 e. The second-order valence-electron chi connectivity index (χ2n) is 6.60. The molecule has 3 atom stereocenters. The molecule has 28 heavy (non-hydrogen) atoms. The molecule has 1 aliphatic heterocycles. The van der Waals surface area contributed by atoms with Gasteiger partial charge in [0.15, 0.2) is 11.0 Å². The van der Waals surface area contributed by atoms with Crippen LogP contribution in [0.4, 0.5) is 8.78 Å². The van der Waals surface area contributed by atoms with Gasteiger partial charge in [-0.05, 0) is 38.1 Å². The van der Waals surface area contributed by atoms with E-state index in [4.69, 9.17) is 11.0 Å². The van der Waals surface area contributed by atoms with Gasteiger partial charge in [0.1, 0.15) is 35.0 Å². The second kappa shape index (κ2) is 7.64. The Labute approximate surface area is 164 Å². The lowest BCUT2D eigenvalue weighted by atomic mass is 9.89. The topological polar surface area (TPSA) is 105 Å². The zero-order chi connectivity index (χ0) is 20.5. The average Bonchev–Trinajstić information content (AvgIpc) is 2.67. The van der Waals surface area contributed by atoms with E-state index in [0.29, 0.717) is 5.56 Å². The zero-order valence-corrected chi connectivity index (χ0v) is 16.0. The maximum atomic E-state index is 14.9. The van der Waals surface area contributed by atoms with Gasteiger partial charge in [0.25, 0.3) is 0 Å². The van der Waals surface area contributed by atoms with Crippen LogP contribution in [0.25, 0.3) is 0 Å². The number of halogens is 2. The molecule has 6 nitrogen and oxygen atoms in total. The first-order chi connectivity index (χ1) is 13.2. The van der Waals surface area contributed by atoms with Gasteiger partial charge < -0.3 is 5.73 Å². The third kappa shape index (κ3) is 3.73. The summed E-state index contributed by atoms with van der Waals surface area (Å²) in [5.41, 5.74) is 4.77. The molecule has 3 rings (SSSR count). The van der Waals surface area contributed by atoms with Crippen molar-refractivity contribution in [3.05, 3.63) is 58.9 Å². The second-order valence-corrected chi connectivity index (χ2v) is 8.00. The van der Waals surface area contributed by atoms with Gasteiger partial charge in [-0.1, -0.05) is 11.8 Å². The van der Waals surface area contributed by atoms with E-state index in [1.54, 1.807) is 6.92 Å². The average molecular weight is 401 g/mol. The van der Waals surface area contributed by atoms with Crippen LogP contribution < -0.4 is 5.73 Å². The van der Waals surface area contributed by atoms with Gasteiger partial charge in [0.05, 0.1) is 12.0 Å². The van der Waals surface area contributed by atoms with Crippen molar-refractivity contribution in [1.29, 1.82) is 5.26 Å². The van der Waals surface area contributed by atoms with Crippen molar-refractivity contribution in [3.8, 4) is 6.07 Å². The number of hydrogen-bond acceptors (Lipinski definition) is 7. The third-order valence-corrected chi connectivity index (χ3v) is 5.44. The largest absolute Gasteiger partial charge is 0.379 e. The number of hydrogen-bond donors (Lipinski definition) is 1. The zero-order valence-electron chi connectivity index (χ0n) is 15.2. The smallest absolute Gasteiger partial charge is 0.187 e. The lowest BCUT2D eigenvalue weighted by Gasteiger charge is -2.36. The number of carbonyl (C=O) groups is 1. The molecule has 144 valence electrons. The van der Waals surface area contributed by atoms with Gasteiger partial charge in [-0.25, -0.2) is 13.8 Å². The number of Topliss-reactive ketones (excluding diaryl/α,β-unsaturated/α-hetero) is 1. The van der Waals surface area contributed by atoms with E-state index >= 15 is 0 Å². The van der Waals surface area contributed by atoms with Crippen LogP contribution >= 0.6 is 11.8 Å². The molecule has 0 unspecified atom stereocenters. The Morgan fingerprint density at radius 1 is 1.39 bits per heavy atom. The normalized spacial score (nSPS) is 24.3. The fraction of sp³-hybridized carbons (Fsp3) is 0.316. The fourth-order valence-electron chi connectivity index (χ4n) is 3.02. The quantitative estimate of drug-likeness (QED) is 0.790. The number of aromatic nitrogens is 2. The highest BCUT2D eigenvalue weighted by atomic mass is 32.2. The molecular weight excluding hydrogens is 384 g/mol. The Morgan fingerprint density at radius 3 is 2.79 bits per heavy atom. The van der Waals surface area contributed by atoms with Crippen LogP contribution in [0.15, 0.2) is 35.5 Å². The highest BCUT2D eigenvalue weighted by molar-refractivity contribution is 8.14. The number of carbonyl (C=O) groups excluding carboxylic acids is 1. The summed E-state index contributed by atoms with van der Waals surface area (Å²) in [6.45, 7) is 3.09. The van der Waals surface area contributed by atoms with Gasteiger partial charge >= 0.3 is 0 Å². The van der Waals surface area contributed by atoms with Crippen molar-refractivity contribution in [2.24, 2.45) is 10.7 Å². The van der Waals surface area contributed by atoms with Crippen LogP contribution in [0.2, 0.25) is 0 Å². The van der Waals surface area contributed by atoms with Gasteiger partial charge in [0.2, 0.25) is 0 Å². The van der Waals surface area contributed by atoms with Crippen LogP contribution in [0.3, 0.4) is 0 Å². The Hall–Kier alpha value is -2.86. The molecule has 0 aliphatic carbocycles. The first-order valence-electron chi connectivity index (χ1n) is 8.46. The van der Waals surface area contributed by atoms with E-state index in [1.165, 1.54) is 31.3 Å². The lowest BCUT2D eigenvalue weighted by molar-refractivity contribution is 0.0987. The number of thioether (sulfide) groups is 1. The number of rotatable bonds is 4. The first kappa shape index (κ1) is 19.9. The summed E-state index contributed by atoms with van der Waals surface area (Å²) in [4.78, 5) is 24.7. The van der Waals surface area contributed by atoms with Crippen molar-refractivity contribution in [1.82, 2.24) is 9.97 Å². The lowest BCUT2D eigenvalue weighted by Crippen LogP contribution is -2.45. The molecule has 1 aliphatic rings. The van der Waals surface area contributed by atoms with Crippen LogP contribution in [0.1, 0.15) is 41.3 Å². The molecule has 0 amide bonds. The van der Waals surface area contributed by atoms with E-state index in [1.807, 2.05) is 6.07 Å². The molecule has 0 saturated carbocycles. The molecule has 0 aromatic carbocycles. The summed E-state index contributed by atoms with van der Waals surface area (Å²) in [5, 5.41) is 8.44. The molecule has 0 saturated heterocycles. The summed E-state index contributed by atoms with van der Waals surface area (Å²) in [5.74, 6) is -1.07. The maximum absolute atomic E-state index is 14.9. The van der Waals surface area contributed by atoms with E-state index in [2.05, 4.69) is 15.0 Å². The summed E-state index contributed by atoms with van der Waals surface area (Å²) >= 11 is 1.08. The van der Waals surface area contributed by atoms with E-state index < -0.39 is 22.8 Å². The molecule has 2 N–H and O–H groups in total. The number of amidine groups is 1. The minimum absolute atomic E-state index is 0.150. The Balaban J connectivity index is 1.92. The van der Waals surface area contributed by atoms with E-state index in [9.17, 15) is 13.6 Å². The Bertz CT molecular complexity index is 989. The van der Waals surface area contributed by atoms with Gasteiger partial charge in [0, 0.05) is 17.1 Å². The molecule has 9 heteroatoms. The first-order valence-corrected chi connectivity index (χ1v) is 9.34. The number of aliphatic imine (C=N–C) groups is 1. The number of pyridine rings is 2. The standard InChI is InChI=1S/C19H17F2N5OS/c1-10-16(21)19(2,26-18(23)28-10)17-13(20)5-4-12(25-17)7-15(27)14-6-3-11(8-22)9-24-14/h3-6,9-10,16H,7H2,1-2H3,(H2,23,26)/t10-,16+,19+/m1/s1. The van der Waals surface area contributed by atoms with Crippen LogP contribution in [0, 0.1) is 17.1 Å². The minimum Gasteiger partial charge on any atom is -0.379 e. The third-order valence-electron chi connectivity index (χ3n) is 4.50. The monoisotopic (exact) mass is 401 g/mol. The highest BCUT2D eigenvalue weighted by Gasteiger charge is 2.46. The summed E-state index contributed by atoms with van der Waals surface area (Å²) < 4.78 is 29.4. The number of alkyl halides is 1. The molecule has 2 aromatic rings. The predicted octanol–water partition coefficient (Wildman–Crippen LogP) is 2.92. The number of nitriles is 1.